The molecule has 0 bridgehead atoms. The molecule has 3 aromatic heterocycles. The second kappa shape index (κ2) is 7.87. The van der Waals surface area contributed by atoms with Gasteiger partial charge in [-0.25, -0.2) is 0 Å². The summed E-state index contributed by atoms with van der Waals surface area (Å²) in [5, 5.41) is 7.37. The molecule has 188 valence electrons. The largest absolute Gasteiger partial charge is 0.456 e. The minimum Gasteiger partial charge on any atom is -0.456 e. The van der Waals surface area contributed by atoms with Crippen molar-refractivity contribution in [3.63, 3.8) is 0 Å². The highest BCUT2D eigenvalue weighted by Gasteiger charge is 2.20. The topological polar surface area (TPSA) is 23.0 Å². The van der Waals surface area contributed by atoms with Gasteiger partial charge in [0.1, 0.15) is 11.2 Å². The van der Waals surface area contributed by atoms with Crippen LogP contribution in [0.4, 0.5) is 0 Å². The molecule has 0 radical (unpaired) electrons. The summed E-state index contributed by atoms with van der Waals surface area (Å²) < 4.78 is 11.1. The maximum atomic E-state index is 6.29. The highest BCUT2D eigenvalue weighted by Crippen LogP contribution is 2.42. The molecule has 0 spiro atoms. The summed E-state index contributed by atoms with van der Waals surface area (Å²) in [7, 11) is 0. The van der Waals surface area contributed by atoms with Crippen LogP contribution >= 0.6 is 0 Å². The molecule has 0 aliphatic rings. The normalized spacial score (nSPS) is 12.1. The van der Waals surface area contributed by atoms with E-state index in [1.165, 1.54) is 54.9 Å². The SMILES string of the molecule is Cc1ccc(-n2c3ccccc3c3c4c5ccccc5n(-c5ccc6c(c5)oc5ccccc56)c4ccc32)cc1. The fraction of sp³-hybridized carbons (Fsp3) is 0.0270. The molecule has 6 aromatic carbocycles. The number of fused-ring (bicyclic) bond motifs is 10. The van der Waals surface area contributed by atoms with Gasteiger partial charge in [0.25, 0.3) is 0 Å². The van der Waals surface area contributed by atoms with Crippen LogP contribution < -0.4 is 0 Å². The van der Waals surface area contributed by atoms with Gasteiger partial charge in [-0.05, 0) is 61.5 Å². The van der Waals surface area contributed by atoms with Crippen LogP contribution in [0.5, 0.6) is 0 Å². The first-order chi connectivity index (χ1) is 19.8. The van der Waals surface area contributed by atoms with Crippen molar-refractivity contribution in [3.05, 3.63) is 133 Å². The Morgan fingerprint density at radius 1 is 0.425 bits per heavy atom. The minimum absolute atomic E-state index is 0.904. The Balaban J connectivity index is 1.42. The molecule has 3 heterocycles. The zero-order chi connectivity index (χ0) is 26.4. The van der Waals surface area contributed by atoms with E-state index < -0.39 is 0 Å². The predicted octanol–water partition coefficient (Wildman–Crippen LogP) is 10.1. The van der Waals surface area contributed by atoms with E-state index in [0.717, 1.165) is 27.6 Å². The van der Waals surface area contributed by atoms with Crippen molar-refractivity contribution < 1.29 is 4.42 Å². The summed E-state index contributed by atoms with van der Waals surface area (Å²) in [4.78, 5) is 0. The molecule has 3 nitrogen and oxygen atoms in total. The quantitative estimate of drug-likeness (QED) is 0.226. The zero-order valence-electron chi connectivity index (χ0n) is 21.9. The van der Waals surface area contributed by atoms with Crippen LogP contribution in [0.2, 0.25) is 0 Å². The minimum atomic E-state index is 0.904. The number of aromatic nitrogens is 2. The van der Waals surface area contributed by atoms with Gasteiger partial charge >= 0.3 is 0 Å². The monoisotopic (exact) mass is 512 g/mol. The van der Waals surface area contributed by atoms with E-state index >= 15 is 0 Å². The number of hydrogen-bond donors (Lipinski definition) is 0. The smallest absolute Gasteiger partial charge is 0.137 e. The summed E-state index contributed by atoms with van der Waals surface area (Å²) in [5.74, 6) is 0. The van der Waals surface area contributed by atoms with Crippen LogP contribution in [0.25, 0.3) is 76.9 Å². The standard InChI is InChI=1S/C37H24N2O/c1-23-14-16-24(17-15-23)38-30-11-5-2-9-28(30)36-32(38)20-21-33-37(36)29-10-3-6-12-31(29)39(33)25-18-19-27-26-8-4-7-13-34(26)40-35(27)22-25/h2-22H,1H3. The van der Waals surface area contributed by atoms with E-state index in [9.17, 15) is 0 Å². The molecule has 40 heavy (non-hydrogen) atoms. The van der Waals surface area contributed by atoms with E-state index in [2.05, 4.69) is 131 Å². The van der Waals surface area contributed by atoms with E-state index in [4.69, 9.17) is 4.42 Å². The lowest BCUT2D eigenvalue weighted by molar-refractivity contribution is 0.668. The van der Waals surface area contributed by atoms with E-state index in [1.807, 2.05) is 12.1 Å². The van der Waals surface area contributed by atoms with E-state index in [0.29, 0.717) is 0 Å². The van der Waals surface area contributed by atoms with Gasteiger partial charge in [-0.2, -0.15) is 0 Å². The van der Waals surface area contributed by atoms with Crippen LogP contribution in [-0.2, 0) is 0 Å². The molecule has 0 amide bonds. The van der Waals surface area contributed by atoms with Crippen LogP contribution in [0.15, 0.2) is 132 Å². The molecule has 9 aromatic rings. The number of hydrogen-bond acceptors (Lipinski definition) is 1. The Kier molecular flexibility index (Phi) is 4.26. The third-order valence-corrected chi connectivity index (χ3v) is 8.38. The third-order valence-electron chi connectivity index (χ3n) is 8.38. The highest BCUT2D eigenvalue weighted by atomic mass is 16.3. The lowest BCUT2D eigenvalue weighted by atomic mass is 10.1. The highest BCUT2D eigenvalue weighted by molar-refractivity contribution is 6.29. The van der Waals surface area contributed by atoms with Gasteiger partial charge in [0.2, 0.25) is 0 Å². The maximum absolute atomic E-state index is 6.29. The number of furan rings is 1. The van der Waals surface area contributed by atoms with Crippen molar-refractivity contribution in [2.75, 3.05) is 0 Å². The van der Waals surface area contributed by atoms with Gasteiger partial charge in [-0.3, -0.25) is 0 Å². The Labute approximate surface area is 230 Å². The van der Waals surface area contributed by atoms with Gasteiger partial charge in [-0.1, -0.05) is 72.3 Å². The van der Waals surface area contributed by atoms with E-state index in [1.54, 1.807) is 0 Å². The average molecular weight is 513 g/mol. The lowest BCUT2D eigenvalue weighted by Gasteiger charge is -2.09. The molecule has 0 fully saturated rings. The Hall–Kier alpha value is -5.28. The molecule has 0 atom stereocenters. The first-order valence-electron chi connectivity index (χ1n) is 13.7. The fourth-order valence-electron chi connectivity index (χ4n) is 6.62. The average Bonchev–Trinajstić information content (AvgIpc) is 3.64. The van der Waals surface area contributed by atoms with Crippen molar-refractivity contribution in [1.29, 1.82) is 0 Å². The van der Waals surface area contributed by atoms with Crippen molar-refractivity contribution in [2.45, 2.75) is 6.92 Å². The lowest BCUT2D eigenvalue weighted by Crippen LogP contribution is -1.95. The van der Waals surface area contributed by atoms with Gasteiger partial charge in [0.15, 0.2) is 0 Å². The number of nitrogens with zero attached hydrogens (tertiary/aromatic N) is 2. The molecular weight excluding hydrogens is 488 g/mol. The summed E-state index contributed by atoms with van der Waals surface area (Å²) in [6.07, 6.45) is 0. The van der Waals surface area contributed by atoms with Crippen LogP contribution in [0, 0.1) is 6.92 Å². The molecule has 0 saturated carbocycles. The Morgan fingerprint density at radius 2 is 0.950 bits per heavy atom. The van der Waals surface area contributed by atoms with Gasteiger partial charge in [-0.15, -0.1) is 0 Å². The second-order valence-electron chi connectivity index (χ2n) is 10.7. The van der Waals surface area contributed by atoms with Gasteiger partial charge in [0.05, 0.1) is 22.1 Å². The predicted molar refractivity (Wildman–Crippen MR) is 167 cm³/mol. The molecular formula is C37H24N2O. The molecule has 0 aliphatic heterocycles. The van der Waals surface area contributed by atoms with Crippen LogP contribution in [-0.4, -0.2) is 9.13 Å². The molecule has 3 heteroatoms. The molecule has 0 N–H and O–H groups in total. The number of para-hydroxylation sites is 3. The Morgan fingerprint density at radius 3 is 1.62 bits per heavy atom. The number of rotatable bonds is 2. The van der Waals surface area contributed by atoms with Crippen molar-refractivity contribution in [2.24, 2.45) is 0 Å². The van der Waals surface area contributed by atoms with Crippen molar-refractivity contribution in [1.82, 2.24) is 9.13 Å². The molecule has 0 unspecified atom stereocenters. The second-order valence-corrected chi connectivity index (χ2v) is 10.7. The maximum Gasteiger partial charge on any atom is 0.137 e. The molecule has 9 rings (SSSR count). The van der Waals surface area contributed by atoms with Crippen molar-refractivity contribution in [3.8, 4) is 11.4 Å². The first kappa shape index (κ1) is 21.6. The van der Waals surface area contributed by atoms with Gasteiger partial charge < -0.3 is 13.6 Å². The summed E-state index contributed by atoms with van der Waals surface area (Å²) in [6.45, 7) is 2.14. The molecule has 0 saturated heterocycles. The summed E-state index contributed by atoms with van der Waals surface area (Å²) >= 11 is 0. The van der Waals surface area contributed by atoms with Crippen LogP contribution in [0.1, 0.15) is 5.56 Å². The van der Waals surface area contributed by atoms with Gasteiger partial charge in [0, 0.05) is 49.8 Å². The fourth-order valence-corrected chi connectivity index (χ4v) is 6.62. The summed E-state index contributed by atoms with van der Waals surface area (Å²) in [5.41, 5.74) is 10.2. The van der Waals surface area contributed by atoms with Crippen LogP contribution in [0.3, 0.4) is 0 Å². The summed E-state index contributed by atoms with van der Waals surface area (Å²) in [6, 6.07) is 45.8. The van der Waals surface area contributed by atoms with E-state index in [-0.39, 0.29) is 0 Å². The number of benzene rings is 6. The van der Waals surface area contributed by atoms with Crippen molar-refractivity contribution >= 4 is 65.6 Å². The first-order valence-corrected chi connectivity index (χ1v) is 13.7. The Bertz CT molecular complexity index is 2430. The number of aryl methyl sites for hydroxylation is 1. The third kappa shape index (κ3) is 2.84. The zero-order valence-corrected chi connectivity index (χ0v) is 21.9. The molecule has 0 aliphatic carbocycles.